The lowest BCUT2D eigenvalue weighted by atomic mass is 10.2. The molecule has 3 rings (SSSR count). The third-order valence-corrected chi connectivity index (χ3v) is 5.04. The number of nitrogens with zero attached hydrogens (tertiary/aromatic N) is 3. The second-order valence-corrected chi connectivity index (χ2v) is 7.40. The molecule has 1 N–H and O–H groups in total. The highest BCUT2D eigenvalue weighted by Gasteiger charge is 2.19. The van der Waals surface area contributed by atoms with Crippen molar-refractivity contribution in [2.45, 2.75) is 19.9 Å². The van der Waals surface area contributed by atoms with Crippen LogP contribution >= 0.6 is 27.3 Å². The van der Waals surface area contributed by atoms with Crippen molar-refractivity contribution in [2.24, 2.45) is 0 Å². The van der Waals surface area contributed by atoms with Gasteiger partial charge in [-0.15, -0.1) is 11.3 Å². The van der Waals surface area contributed by atoms with Crippen LogP contribution in [0.3, 0.4) is 0 Å². The van der Waals surface area contributed by atoms with Crippen LogP contribution in [0.15, 0.2) is 46.5 Å². The van der Waals surface area contributed by atoms with E-state index in [0.29, 0.717) is 12.1 Å². The van der Waals surface area contributed by atoms with Crippen molar-refractivity contribution >= 4 is 33.2 Å². The second-order valence-electron chi connectivity index (χ2n) is 5.50. The van der Waals surface area contributed by atoms with Crippen LogP contribution in [0, 0.1) is 13.8 Å². The van der Waals surface area contributed by atoms with Gasteiger partial charge in [0.05, 0.1) is 11.3 Å². The van der Waals surface area contributed by atoms with E-state index in [1.54, 1.807) is 29.8 Å². The molecule has 0 aliphatic rings. The van der Waals surface area contributed by atoms with E-state index in [4.69, 9.17) is 0 Å². The number of nitrogens with one attached hydrogen (secondary N) is 1. The van der Waals surface area contributed by atoms with Gasteiger partial charge < -0.3 is 5.32 Å². The molecule has 0 fully saturated rings. The molecule has 3 heterocycles. The van der Waals surface area contributed by atoms with Crippen LogP contribution in [0.25, 0.3) is 0 Å². The molecule has 1 unspecified atom stereocenters. The van der Waals surface area contributed by atoms with Crippen LogP contribution in [0.1, 0.15) is 32.7 Å². The Bertz CT molecular complexity index is 844. The molecule has 0 saturated carbocycles. The van der Waals surface area contributed by atoms with Gasteiger partial charge in [-0.25, -0.2) is 0 Å². The zero-order chi connectivity index (χ0) is 17.1. The number of aryl methyl sites for hydroxylation is 2. The highest BCUT2D eigenvalue weighted by Crippen LogP contribution is 2.24. The molecule has 0 spiro atoms. The zero-order valence-corrected chi connectivity index (χ0v) is 15.8. The summed E-state index contributed by atoms with van der Waals surface area (Å²) in [4.78, 5) is 17.6. The van der Waals surface area contributed by atoms with Gasteiger partial charge in [-0.05, 0) is 53.4 Å². The Hall–Kier alpha value is -1.99. The van der Waals surface area contributed by atoms with Crippen molar-refractivity contribution in [3.63, 3.8) is 0 Å². The molecule has 0 saturated heterocycles. The lowest BCUT2D eigenvalue weighted by Gasteiger charge is -2.19. The van der Waals surface area contributed by atoms with Gasteiger partial charge in [0.15, 0.2) is 0 Å². The molecule has 7 heteroatoms. The minimum Gasteiger partial charge on any atom is -0.349 e. The van der Waals surface area contributed by atoms with E-state index in [9.17, 15) is 4.79 Å². The van der Waals surface area contributed by atoms with Gasteiger partial charge in [0, 0.05) is 34.0 Å². The first kappa shape index (κ1) is 16.9. The van der Waals surface area contributed by atoms with Crippen molar-refractivity contribution in [3.05, 3.63) is 68.3 Å². The summed E-state index contributed by atoms with van der Waals surface area (Å²) in [5, 5.41) is 9.61. The van der Waals surface area contributed by atoms with E-state index < -0.39 is 0 Å². The summed E-state index contributed by atoms with van der Waals surface area (Å²) in [6.45, 7) is 4.47. The molecular weight excluding hydrogens is 388 g/mol. The summed E-state index contributed by atoms with van der Waals surface area (Å²) in [5.41, 5.74) is 2.57. The SMILES string of the molecule is Cc1cc(C)n(C(CNC(=O)c2cncc(Br)c2)c2cccs2)n1. The number of carbonyl (C=O) groups excluding carboxylic acids is 1. The van der Waals surface area contributed by atoms with Gasteiger partial charge in [-0.3, -0.25) is 14.5 Å². The van der Waals surface area contributed by atoms with Crippen LogP contribution in [0.5, 0.6) is 0 Å². The number of rotatable bonds is 5. The maximum Gasteiger partial charge on any atom is 0.252 e. The predicted molar refractivity (Wildman–Crippen MR) is 98.4 cm³/mol. The normalized spacial score (nSPS) is 12.1. The third kappa shape index (κ3) is 3.73. The number of carbonyl (C=O) groups is 1. The number of thiophene rings is 1. The lowest BCUT2D eigenvalue weighted by molar-refractivity contribution is 0.0949. The molecule has 3 aromatic heterocycles. The summed E-state index contributed by atoms with van der Waals surface area (Å²) < 4.78 is 2.75. The van der Waals surface area contributed by atoms with E-state index in [2.05, 4.69) is 37.4 Å². The smallest absolute Gasteiger partial charge is 0.252 e. The summed E-state index contributed by atoms with van der Waals surface area (Å²) in [7, 11) is 0. The van der Waals surface area contributed by atoms with Gasteiger partial charge in [0.25, 0.3) is 5.91 Å². The molecular formula is C17H17BrN4OS. The summed E-state index contributed by atoms with van der Waals surface area (Å²) in [6.07, 6.45) is 3.21. The van der Waals surface area contributed by atoms with Crippen molar-refractivity contribution in [3.8, 4) is 0 Å². The quantitative estimate of drug-likeness (QED) is 0.704. The van der Waals surface area contributed by atoms with Crippen LogP contribution in [0.4, 0.5) is 0 Å². The van der Waals surface area contributed by atoms with Crippen molar-refractivity contribution in [2.75, 3.05) is 6.54 Å². The highest BCUT2D eigenvalue weighted by atomic mass is 79.9. The van der Waals surface area contributed by atoms with Gasteiger partial charge in [-0.1, -0.05) is 6.07 Å². The number of hydrogen-bond donors (Lipinski definition) is 1. The molecule has 1 atom stereocenters. The van der Waals surface area contributed by atoms with Gasteiger partial charge >= 0.3 is 0 Å². The summed E-state index contributed by atoms with van der Waals surface area (Å²) >= 11 is 5.00. The van der Waals surface area contributed by atoms with Crippen LogP contribution in [0.2, 0.25) is 0 Å². The number of halogens is 1. The Morgan fingerprint density at radius 2 is 2.21 bits per heavy atom. The third-order valence-electron chi connectivity index (χ3n) is 3.63. The molecule has 1 amide bonds. The van der Waals surface area contributed by atoms with E-state index >= 15 is 0 Å². The molecule has 24 heavy (non-hydrogen) atoms. The first-order valence-corrected chi connectivity index (χ1v) is 9.17. The fourth-order valence-corrected chi connectivity index (χ4v) is 3.75. The maximum absolute atomic E-state index is 12.4. The lowest BCUT2D eigenvalue weighted by Crippen LogP contribution is -2.32. The number of hydrogen-bond acceptors (Lipinski definition) is 4. The Kier molecular flexibility index (Phi) is 5.11. The van der Waals surface area contributed by atoms with Gasteiger partial charge in [0.2, 0.25) is 0 Å². The second kappa shape index (κ2) is 7.27. The molecule has 0 aliphatic heterocycles. The molecule has 3 aromatic rings. The fourth-order valence-electron chi connectivity index (χ4n) is 2.58. The fraction of sp³-hybridized carbons (Fsp3) is 0.235. The Morgan fingerprint density at radius 1 is 1.38 bits per heavy atom. The molecule has 0 bridgehead atoms. The number of aromatic nitrogens is 3. The van der Waals surface area contributed by atoms with Crippen molar-refractivity contribution in [1.29, 1.82) is 0 Å². The molecule has 0 radical (unpaired) electrons. The minimum absolute atomic E-state index is 0.0252. The number of amides is 1. The Morgan fingerprint density at radius 3 is 2.83 bits per heavy atom. The van der Waals surface area contributed by atoms with Crippen molar-refractivity contribution in [1.82, 2.24) is 20.1 Å². The first-order chi connectivity index (χ1) is 11.5. The Labute approximate surface area is 152 Å². The maximum atomic E-state index is 12.4. The summed E-state index contributed by atoms with van der Waals surface area (Å²) in [6, 6.07) is 7.85. The van der Waals surface area contributed by atoms with Crippen LogP contribution in [-0.4, -0.2) is 27.2 Å². The van der Waals surface area contributed by atoms with Gasteiger partial charge in [-0.2, -0.15) is 5.10 Å². The molecule has 0 aliphatic carbocycles. The van der Waals surface area contributed by atoms with E-state index in [1.165, 1.54) is 0 Å². The van der Waals surface area contributed by atoms with E-state index in [-0.39, 0.29) is 11.9 Å². The summed E-state index contributed by atoms with van der Waals surface area (Å²) in [5.74, 6) is -0.146. The molecule has 5 nitrogen and oxygen atoms in total. The van der Waals surface area contributed by atoms with E-state index in [0.717, 1.165) is 20.7 Å². The standard InChI is InChI=1S/C17H17BrN4OS/c1-11-6-12(2)22(21-11)15(16-4-3-5-24-16)10-20-17(23)13-7-14(18)9-19-8-13/h3-9,15H,10H2,1-2H3,(H,20,23). The predicted octanol–water partition coefficient (Wildman–Crippen LogP) is 3.74. The van der Waals surface area contributed by atoms with Crippen molar-refractivity contribution < 1.29 is 4.79 Å². The topological polar surface area (TPSA) is 59.8 Å². The average Bonchev–Trinajstić information content (AvgIpc) is 3.18. The van der Waals surface area contributed by atoms with Gasteiger partial charge in [0.1, 0.15) is 6.04 Å². The van der Waals surface area contributed by atoms with Crippen LogP contribution < -0.4 is 5.32 Å². The largest absolute Gasteiger partial charge is 0.349 e. The average molecular weight is 405 g/mol. The minimum atomic E-state index is -0.146. The molecule has 0 aromatic carbocycles. The molecule has 124 valence electrons. The monoisotopic (exact) mass is 404 g/mol. The zero-order valence-electron chi connectivity index (χ0n) is 13.4. The first-order valence-electron chi connectivity index (χ1n) is 7.49. The highest BCUT2D eigenvalue weighted by molar-refractivity contribution is 9.10. The van der Waals surface area contributed by atoms with E-state index in [1.807, 2.05) is 36.0 Å². The van der Waals surface area contributed by atoms with Crippen LogP contribution in [-0.2, 0) is 0 Å². The number of pyridine rings is 1. The Balaban J connectivity index is 1.80.